The molecule has 0 atom stereocenters. The minimum Gasteiger partial charge on any atom is -0.198 e. The number of aryl methyl sites for hydroxylation is 1. The van der Waals surface area contributed by atoms with Crippen LogP contribution in [0.5, 0.6) is 0 Å². The largest absolute Gasteiger partial charge is 0.198 e. The van der Waals surface area contributed by atoms with E-state index in [-0.39, 0.29) is 5.41 Å². The van der Waals surface area contributed by atoms with Crippen LogP contribution >= 0.6 is 0 Å². The molecule has 1 aliphatic carbocycles. The van der Waals surface area contributed by atoms with Gasteiger partial charge < -0.3 is 0 Å². The molecule has 0 heterocycles. The van der Waals surface area contributed by atoms with Crippen molar-refractivity contribution in [3.05, 3.63) is 72.3 Å². The first-order valence-corrected chi connectivity index (χ1v) is 11.4. The highest BCUT2D eigenvalue weighted by molar-refractivity contribution is 5.64. The Kier molecular flexibility index (Phi) is 7.70. The number of benzene rings is 2. The van der Waals surface area contributed by atoms with Crippen molar-refractivity contribution in [3.63, 3.8) is 0 Å². The van der Waals surface area contributed by atoms with Crippen LogP contribution in [0.3, 0.4) is 0 Å². The van der Waals surface area contributed by atoms with Crippen molar-refractivity contribution < 1.29 is 0 Å². The van der Waals surface area contributed by atoms with Crippen LogP contribution in [0.15, 0.2) is 61.2 Å². The average molecular weight is 386 g/mol. The second-order valence-corrected chi connectivity index (χ2v) is 8.77. The standard InChI is InChI=1S/C28H35N/c1-3-5-7-8-23-9-11-24(12-10-23)25-13-15-26(16-14-25)27-17-20-28(22-29,21-18-27)19-6-4-2/h4,9-16,27H,2-3,5-8,17-21H2,1H3. The van der Waals surface area contributed by atoms with Crippen molar-refractivity contribution in [1.82, 2.24) is 0 Å². The average Bonchev–Trinajstić information content (AvgIpc) is 2.79. The molecule has 0 saturated heterocycles. The van der Waals surface area contributed by atoms with Gasteiger partial charge >= 0.3 is 0 Å². The van der Waals surface area contributed by atoms with E-state index in [2.05, 4.69) is 68.1 Å². The SMILES string of the molecule is C=CCCC1(C#N)CCC(c2ccc(-c3ccc(CCCCC)cc3)cc2)CC1. The third-order valence-corrected chi connectivity index (χ3v) is 6.75. The van der Waals surface area contributed by atoms with Crippen molar-refractivity contribution in [2.24, 2.45) is 5.41 Å². The van der Waals surface area contributed by atoms with Crippen LogP contribution in [0, 0.1) is 16.7 Å². The van der Waals surface area contributed by atoms with E-state index in [9.17, 15) is 5.26 Å². The third-order valence-electron chi connectivity index (χ3n) is 6.75. The first-order chi connectivity index (χ1) is 14.2. The Morgan fingerprint density at radius 3 is 2.17 bits per heavy atom. The maximum Gasteiger partial charge on any atom is 0.0689 e. The molecular formula is C28H35N. The smallest absolute Gasteiger partial charge is 0.0689 e. The molecule has 2 aromatic carbocycles. The molecule has 29 heavy (non-hydrogen) atoms. The van der Waals surface area contributed by atoms with Gasteiger partial charge in [0.25, 0.3) is 0 Å². The summed E-state index contributed by atoms with van der Waals surface area (Å²) < 4.78 is 0. The highest BCUT2D eigenvalue weighted by atomic mass is 14.4. The van der Waals surface area contributed by atoms with E-state index in [1.807, 2.05) is 6.08 Å². The highest BCUT2D eigenvalue weighted by Crippen LogP contribution is 2.45. The van der Waals surface area contributed by atoms with Gasteiger partial charge in [0.15, 0.2) is 0 Å². The van der Waals surface area contributed by atoms with Crippen LogP contribution in [-0.4, -0.2) is 0 Å². The van der Waals surface area contributed by atoms with E-state index in [4.69, 9.17) is 0 Å². The van der Waals surface area contributed by atoms with Gasteiger partial charge in [-0.1, -0.05) is 74.4 Å². The number of rotatable bonds is 9. The van der Waals surface area contributed by atoms with Crippen molar-refractivity contribution in [2.75, 3.05) is 0 Å². The number of hydrogen-bond donors (Lipinski definition) is 0. The van der Waals surface area contributed by atoms with E-state index in [0.29, 0.717) is 5.92 Å². The molecule has 0 spiro atoms. The Balaban J connectivity index is 1.59. The molecule has 0 bridgehead atoms. The Morgan fingerprint density at radius 1 is 1.00 bits per heavy atom. The number of nitrogens with zero attached hydrogens (tertiary/aromatic N) is 1. The zero-order valence-corrected chi connectivity index (χ0v) is 18.0. The van der Waals surface area contributed by atoms with E-state index in [1.54, 1.807) is 0 Å². The van der Waals surface area contributed by atoms with Crippen LogP contribution in [-0.2, 0) is 6.42 Å². The molecule has 1 nitrogen and oxygen atoms in total. The van der Waals surface area contributed by atoms with E-state index < -0.39 is 0 Å². The van der Waals surface area contributed by atoms with Gasteiger partial charge in [0.05, 0.1) is 11.5 Å². The van der Waals surface area contributed by atoms with Crippen molar-refractivity contribution in [1.29, 1.82) is 5.26 Å². The Labute approximate surface area is 177 Å². The summed E-state index contributed by atoms with van der Waals surface area (Å²) >= 11 is 0. The molecule has 0 unspecified atom stereocenters. The summed E-state index contributed by atoms with van der Waals surface area (Å²) in [6.45, 7) is 6.07. The summed E-state index contributed by atoms with van der Waals surface area (Å²) in [5, 5.41) is 9.68. The van der Waals surface area contributed by atoms with Gasteiger partial charge in [0.2, 0.25) is 0 Å². The number of unbranched alkanes of at least 4 members (excludes halogenated alkanes) is 2. The Morgan fingerprint density at radius 2 is 1.62 bits per heavy atom. The molecule has 0 amide bonds. The topological polar surface area (TPSA) is 23.8 Å². The lowest BCUT2D eigenvalue weighted by atomic mass is 9.67. The Bertz CT molecular complexity index is 799. The predicted molar refractivity (Wildman–Crippen MR) is 124 cm³/mol. The molecule has 0 radical (unpaired) electrons. The molecule has 2 aromatic rings. The van der Waals surface area contributed by atoms with Gasteiger partial charge in [-0.15, -0.1) is 6.58 Å². The lowest BCUT2D eigenvalue weighted by Gasteiger charge is -2.35. The van der Waals surface area contributed by atoms with Gasteiger partial charge in [-0.05, 0) is 79.5 Å². The molecule has 1 fully saturated rings. The van der Waals surface area contributed by atoms with E-state index in [1.165, 1.54) is 47.9 Å². The number of allylic oxidation sites excluding steroid dienone is 1. The molecule has 152 valence electrons. The zero-order valence-electron chi connectivity index (χ0n) is 18.0. The summed E-state index contributed by atoms with van der Waals surface area (Å²) in [6.07, 6.45) is 13.2. The predicted octanol–water partition coefficient (Wildman–Crippen LogP) is 8.22. The summed E-state index contributed by atoms with van der Waals surface area (Å²) in [5.74, 6) is 0.593. The van der Waals surface area contributed by atoms with Gasteiger partial charge in [-0.2, -0.15) is 5.26 Å². The van der Waals surface area contributed by atoms with Crippen molar-refractivity contribution >= 4 is 0 Å². The lowest BCUT2D eigenvalue weighted by Crippen LogP contribution is -2.25. The minimum atomic E-state index is -0.122. The van der Waals surface area contributed by atoms with Crippen molar-refractivity contribution in [3.8, 4) is 17.2 Å². The lowest BCUT2D eigenvalue weighted by molar-refractivity contribution is 0.231. The van der Waals surface area contributed by atoms with Gasteiger partial charge in [0, 0.05) is 0 Å². The highest BCUT2D eigenvalue weighted by Gasteiger charge is 2.35. The summed E-state index contributed by atoms with van der Waals surface area (Å²) in [7, 11) is 0. The molecular weight excluding hydrogens is 350 g/mol. The maximum atomic E-state index is 9.68. The quantitative estimate of drug-likeness (QED) is 0.315. The summed E-state index contributed by atoms with van der Waals surface area (Å²) in [4.78, 5) is 0. The van der Waals surface area contributed by atoms with Gasteiger partial charge in [0.1, 0.15) is 0 Å². The van der Waals surface area contributed by atoms with Crippen molar-refractivity contribution in [2.45, 2.75) is 77.0 Å². The van der Waals surface area contributed by atoms with Crippen LogP contribution in [0.25, 0.3) is 11.1 Å². The zero-order chi connectivity index (χ0) is 20.5. The van der Waals surface area contributed by atoms with E-state index in [0.717, 1.165) is 38.5 Å². The fraction of sp³-hybridized carbons (Fsp3) is 0.464. The fourth-order valence-corrected chi connectivity index (χ4v) is 4.69. The monoisotopic (exact) mass is 385 g/mol. The molecule has 1 heteroatoms. The van der Waals surface area contributed by atoms with E-state index >= 15 is 0 Å². The summed E-state index contributed by atoms with van der Waals surface area (Å²) in [5.41, 5.74) is 5.34. The third kappa shape index (κ3) is 5.60. The second kappa shape index (κ2) is 10.4. The van der Waals surface area contributed by atoms with Gasteiger partial charge in [-0.3, -0.25) is 0 Å². The van der Waals surface area contributed by atoms with Gasteiger partial charge in [-0.25, -0.2) is 0 Å². The molecule has 1 saturated carbocycles. The molecule has 0 aliphatic heterocycles. The van der Waals surface area contributed by atoms with Crippen LogP contribution < -0.4 is 0 Å². The van der Waals surface area contributed by atoms with Crippen LogP contribution in [0.2, 0.25) is 0 Å². The molecule has 0 aromatic heterocycles. The molecule has 1 aliphatic rings. The maximum absolute atomic E-state index is 9.68. The summed E-state index contributed by atoms with van der Waals surface area (Å²) in [6, 6.07) is 20.9. The number of nitriles is 1. The Hall–Kier alpha value is -2.33. The minimum absolute atomic E-state index is 0.122. The first-order valence-electron chi connectivity index (χ1n) is 11.4. The first kappa shape index (κ1) is 21.4. The molecule has 3 rings (SSSR count). The number of hydrogen-bond acceptors (Lipinski definition) is 1. The molecule has 0 N–H and O–H groups in total. The van der Waals surface area contributed by atoms with Crippen LogP contribution in [0.4, 0.5) is 0 Å². The normalized spacial score (nSPS) is 21.4. The second-order valence-electron chi connectivity index (χ2n) is 8.77. The fourth-order valence-electron chi connectivity index (χ4n) is 4.69. The van der Waals surface area contributed by atoms with Crippen LogP contribution in [0.1, 0.15) is 81.8 Å².